The van der Waals surface area contributed by atoms with E-state index in [4.69, 9.17) is 4.74 Å². The van der Waals surface area contributed by atoms with Gasteiger partial charge in [0.05, 0.1) is 12.3 Å². The molecule has 1 atom stereocenters. The number of carbonyl (C=O) groups is 3. The molecule has 2 heterocycles. The number of amides is 4. The standard InChI is InChI=1S/C29H35N3O4/c1-7-12-31-25-13-18(3)20(14-23(25)19(4)17-29(31,5)6)15-24-26(33)30-28(35)32(27(24)34)21-10-9-11-22(16-21)36-8-2/h9-11,13-16,19H,7-8,12,17H2,1-6H3,(H,30,33,35)/b24-15-. The summed E-state index contributed by atoms with van der Waals surface area (Å²) < 4.78 is 5.52. The predicted molar refractivity (Wildman–Crippen MR) is 143 cm³/mol. The molecule has 0 radical (unpaired) electrons. The average molecular weight is 490 g/mol. The number of fused-ring (bicyclic) bond motifs is 1. The first-order chi connectivity index (χ1) is 17.1. The molecule has 0 aliphatic carbocycles. The van der Waals surface area contributed by atoms with Gasteiger partial charge in [0.15, 0.2) is 0 Å². The molecule has 1 fully saturated rings. The van der Waals surface area contributed by atoms with Crippen LogP contribution in [-0.4, -0.2) is 36.5 Å². The van der Waals surface area contributed by atoms with Crippen molar-refractivity contribution >= 4 is 35.3 Å². The molecule has 36 heavy (non-hydrogen) atoms. The van der Waals surface area contributed by atoms with Crippen molar-refractivity contribution in [1.82, 2.24) is 5.32 Å². The van der Waals surface area contributed by atoms with Gasteiger partial charge in [0.1, 0.15) is 11.3 Å². The number of imide groups is 2. The lowest BCUT2D eigenvalue weighted by Gasteiger charge is -2.48. The summed E-state index contributed by atoms with van der Waals surface area (Å²) in [5.41, 5.74) is 4.50. The van der Waals surface area contributed by atoms with Gasteiger partial charge in [-0.2, -0.15) is 0 Å². The molecule has 2 aromatic rings. The van der Waals surface area contributed by atoms with Gasteiger partial charge in [0, 0.05) is 23.8 Å². The van der Waals surface area contributed by atoms with Gasteiger partial charge >= 0.3 is 6.03 Å². The molecular formula is C29H35N3O4. The van der Waals surface area contributed by atoms with Crippen LogP contribution in [0.5, 0.6) is 5.75 Å². The van der Waals surface area contributed by atoms with Gasteiger partial charge in [-0.25, -0.2) is 9.69 Å². The zero-order valence-electron chi connectivity index (χ0n) is 22.0. The van der Waals surface area contributed by atoms with Crippen molar-refractivity contribution < 1.29 is 19.1 Å². The van der Waals surface area contributed by atoms with Crippen LogP contribution in [0.2, 0.25) is 0 Å². The molecule has 2 aliphatic rings. The zero-order valence-corrected chi connectivity index (χ0v) is 22.0. The second-order valence-corrected chi connectivity index (χ2v) is 10.2. The first-order valence-corrected chi connectivity index (χ1v) is 12.6. The summed E-state index contributed by atoms with van der Waals surface area (Å²) in [4.78, 5) is 42.3. The minimum Gasteiger partial charge on any atom is -0.494 e. The van der Waals surface area contributed by atoms with Gasteiger partial charge in [-0.05, 0) is 93.5 Å². The van der Waals surface area contributed by atoms with E-state index in [1.807, 2.05) is 13.8 Å². The Morgan fingerprint density at radius 3 is 2.58 bits per heavy atom. The Hall–Kier alpha value is -3.61. The van der Waals surface area contributed by atoms with Crippen LogP contribution < -0.4 is 19.9 Å². The fourth-order valence-corrected chi connectivity index (χ4v) is 5.38. The minimum absolute atomic E-state index is 0.0466. The topological polar surface area (TPSA) is 79.0 Å². The van der Waals surface area contributed by atoms with Crippen LogP contribution >= 0.6 is 0 Å². The van der Waals surface area contributed by atoms with Crippen molar-refractivity contribution in [3.63, 3.8) is 0 Å². The van der Waals surface area contributed by atoms with E-state index >= 15 is 0 Å². The van der Waals surface area contributed by atoms with Crippen molar-refractivity contribution in [2.24, 2.45) is 0 Å². The molecule has 7 heteroatoms. The summed E-state index contributed by atoms with van der Waals surface area (Å²) in [7, 11) is 0. The van der Waals surface area contributed by atoms with E-state index in [9.17, 15) is 14.4 Å². The summed E-state index contributed by atoms with van der Waals surface area (Å²) in [6, 6.07) is 10.2. The quantitative estimate of drug-likeness (QED) is 0.424. The van der Waals surface area contributed by atoms with Gasteiger partial charge in [0.25, 0.3) is 11.8 Å². The van der Waals surface area contributed by atoms with Crippen molar-refractivity contribution in [3.05, 3.63) is 58.7 Å². The largest absolute Gasteiger partial charge is 0.494 e. The summed E-state index contributed by atoms with van der Waals surface area (Å²) >= 11 is 0. The number of barbiturate groups is 1. The molecule has 1 saturated heterocycles. The maximum absolute atomic E-state index is 13.4. The Morgan fingerprint density at radius 1 is 1.14 bits per heavy atom. The van der Waals surface area contributed by atoms with E-state index in [0.717, 1.165) is 35.4 Å². The number of ether oxygens (including phenoxy) is 1. The van der Waals surface area contributed by atoms with Crippen LogP contribution in [0.4, 0.5) is 16.2 Å². The Bertz CT molecular complexity index is 1250. The third kappa shape index (κ3) is 4.62. The molecule has 2 aliphatic heterocycles. The molecule has 0 spiro atoms. The highest BCUT2D eigenvalue weighted by Crippen LogP contribution is 2.44. The summed E-state index contributed by atoms with van der Waals surface area (Å²) in [6.45, 7) is 14.2. The number of benzene rings is 2. The molecule has 1 N–H and O–H groups in total. The van der Waals surface area contributed by atoms with E-state index < -0.39 is 17.8 Å². The monoisotopic (exact) mass is 489 g/mol. The Kier molecular flexibility index (Phi) is 6.94. The molecule has 4 rings (SSSR count). The smallest absolute Gasteiger partial charge is 0.335 e. The Balaban J connectivity index is 1.75. The molecule has 190 valence electrons. The molecule has 1 unspecified atom stereocenters. The lowest BCUT2D eigenvalue weighted by molar-refractivity contribution is -0.122. The fraction of sp³-hybridized carbons (Fsp3) is 0.414. The summed E-state index contributed by atoms with van der Waals surface area (Å²) in [6.07, 6.45) is 3.66. The third-order valence-corrected chi connectivity index (χ3v) is 7.01. The summed E-state index contributed by atoms with van der Waals surface area (Å²) in [5, 5.41) is 2.32. The zero-order chi connectivity index (χ0) is 26.2. The van der Waals surface area contributed by atoms with Crippen molar-refractivity contribution in [3.8, 4) is 5.75 Å². The van der Waals surface area contributed by atoms with Gasteiger partial charge in [-0.3, -0.25) is 14.9 Å². The maximum atomic E-state index is 13.4. The van der Waals surface area contributed by atoms with Crippen LogP contribution in [-0.2, 0) is 9.59 Å². The SMILES string of the molecule is CCCN1c2cc(C)c(/C=C3/C(=O)NC(=O)N(c4cccc(OCC)c4)C3=O)cc2C(C)CC1(C)C. The van der Waals surface area contributed by atoms with E-state index in [0.29, 0.717) is 24.0 Å². The van der Waals surface area contributed by atoms with E-state index in [-0.39, 0.29) is 11.1 Å². The van der Waals surface area contributed by atoms with Crippen LogP contribution in [0.3, 0.4) is 0 Å². The molecule has 0 bridgehead atoms. The fourth-order valence-electron chi connectivity index (χ4n) is 5.38. The number of urea groups is 1. The lowest BCUT2D eigenvalue weighted by Crippen LogP contribution is -2.54. The number of aryl methyl sites for hydroxylation is 1. The van der Waals surface area contributed by atoms with Crippen LogP contribution in [0.15, 0.2) is 42.0 Å². The molecular weight excluding hydrogens is 454 g/mol. The molecule has 7 nitrogen and oxygen atoms in total. The minimum atomic E-state index is -0.774. The van der Waals surface area contributed by atoms with Crippen LogP contribution in [0.25, 0.3) is 6.08 Å². The predicted octanol–water partition coefficient (Wildman–Crippen LogP) is 5.56. The third-order valence-electron chi connectivity index (χ3n) is 7.01. The first-order valence-electron chi connectivity index (χ1n) is 12.6. The van der Waals surface area contributed by atoms with Gasteiger partial charge in [0.2, 0.25) is 0 Å². The van der Waals surface area contributed by atoms with Crippen LogP contribution in [0.1, 0.15) is 70.1 Å². The lowest BCUT2D eigenvalue weighted by atomic mass is 9.78. The maximum Gasteiger partial charge on any atom is 0.335 e. The van der Waals surface area contributed by atoms with Gasteiger partial charge in [-0.1, -0.05) is 19.9 Å². The van der Waals surface area contributed by atoms with Gasteiger partial charge in [-0.15, -0.1) is 0 Å². The molecule has 0 aromatic heterocycles. The molecule has 2 aromatic carbocycles. The highest BCUT2D eigenvalue weighted by Gasteiger charge is 2.38. The number of hydrogen-bond acceptors (Lipinski definition) is 5. The summed E-state index contributed by atoms with van der Waals surface area (Å²) in [5.74, 6) is -0.481. The number of anilines is 2. The van der Waals surface area contributed by atoms with Crippen LogP contribution in [0, 0.1) is 6.92 Å². The normalized spacial score (nSPS) is 20.4. The van der Waals surface area contributed by atoms with E-state index in [1.54, 1.807) is 30.3 Å². The Labute approximate surface area is 213 Å². The second-order valence-electron chi connectivity index (χ2n) is 10.2. The number of rotatable bonds is 6. The first kappa shape index (κ1) is 25.5. The average Bonchev–Trinajstić information content (AvgIpc) is 2.80. The van der Waals surface area contributed by atoms with Crippen molar-refractivity contribution in [1.29, 1.82) is 0 Å². The molecule has 0 saturated carbocycles. The Morgan fingerprint density at radius 2 is 1.89 bits per heavy atom. The highest BCUT2D eigenvalue weighted by molar-refractivity contribution is 6.39. The number of nitrogens with zero attached hydrogens (tertiary/aromatic N) is 2. The van der Waals surface area contributed by atoms with Gasteiger partial charge < -0.3 is 9.64 Å². The van der Waals surface area contributed by atoms with E-state index in [1.165, 1.54) is 11.3 Å². The molecule has 4 amide bonds. The van der Waals surface area contributed by atoms with E-state index in [2.05, 4.69) is 50.0 Å². The highest BCUT2D eigenvalue weighted by atomic mass is 16.5. The second kappa shape index (κ2) is 9.80. The number of hydrogen-bond donors (Lipinski definition) is 1. The number of nitrogens with one attached hydrogen (secondary N) is 1. The van der Waals surface area contributed by atoms with Crippen molar-refractivity contribution in [2.75, 3.05) is 23.0 Å². The van der Waals surface area contributed by atoms with Crippen molar-refractivity contribution in [2.45, 2.75) is 65.8 Å². The number of carbonyl (C=O) groups excluding carboxylic acids is 3.